The van der Waals surface area contributed by atoms with Crippen molar-refractivity contribution >= 4 is 33.1 Å². The normalized spacial score (nSPS) is 21.7. The summed E-state index contributed by atoms with van der Waals surface area (Å²) in [4.78, 5) is 15.4. The van der Waals surface area contributed by atoms with Gasteiger partial charge in [0, 0.05) is 18.2 Å². The summed E-state index contributed by atoms with van der Waals surface area (Å²) in [6, 6.07) is 17.1. The van der Waals surface area contributed by atoms with Gasteiger partial charge in [0.05, 0.1) is 23.7 Å². The van der Waals surface area contributed by atoms with E-state index in [-0.39, 0.29) is 29.0 Å². The number of carbonyl (C=O) groups is 1. The molecule has 0 bridgehead atoms. The van der Waals surface area contributed by atoms with Gasteiger partial charge in [-0.1, -0.05) is 45.0 Å². The van der Waals surface area contributed by atoms with Crippen LogP contribution in [0.5, 0.6) is 5.75 Å². The third-order valence-corrected chi connectivity index (χ3v) is 10.2. The maximum absolute atomic E-state index is 13.1. The van der Waals surface area contributed by atoms with Gasteiger partial charge in [-0.3, -0.25) is 14.0 Å². The fourth-order valence-corrected chi connectivity index (χ4v) is 7.37. The van der Waals surface area contributed by atoms with Gasteiger partial charge in [-0.2, -0.15) is 0 Å². The fraction of sp³-hybridized carbons (Fsp3) is 0.457. The van der Waals surface area contributed by atoms with Crippen molar-refractivity contribution in [1.82, 2.24) is 24.8 Å². The number of carbonyl (C=O) groups excluding carboxylic acids is 1. The first-order chi connectivity index (χ1) is 22.2. The number of rotatable bonds is 8. The molecule has 2 aliphatic rings. The number of urea groups is 1. The van der Waals surface area contributed by atoms with Crippen molar-refractivity contribution in [2.45, 2.75) is 76.4 Å². The van der Waals surface area contributed by atoms with Crippen molar-refractivity contribution in [2.24, 2.45) is 0 Å². The number of likely N-dealkylation sites (tertiary alicyclic amines) is 1. The molecule has 0 saturated carbocycles. The number of benzene rings is 2. The van der Waals surface area contributed by atoms with Gasteiger partial charge in [0.25, 0.3) is 0 Å². The van der Waals surface area contributed by atoms with E-state index in [0.717, 1.165) is 72.4 Å². The minimum atomic E-state index is -3.48. The van der Waals surface area contributed by atoms with Crippen LogP contribution in [0.4, 0.5) is 16.2 Å². The highest BCUT2D eigenvalue weighted by molar-refractivity contribution is 7.92. The highest BCUT2D eigenvalue weighted by Gasteiger charge is 2.39. The van der Waals surface area contributed by atoms with Crippen LogP contribution in [-0.2, 0) is 21.0 Å². The molecule has 1 saturated heterocycles. The summed E-state index contributed by atoms with van der Waals surface area (Å²) in [5.74, 6) is 1.81. The van der Waals surface area contributed by atoms with E-state index < -0.39 is 10.0 Å². The average Bonchev–Trinajstić information content (AvgIpc) is 3.58. The van der Waals surface area contributed by atoms with E-state index in [4.69, 9.17) is 4.74 Å². The summed E-state index contributed by atoms with van der Waals surface area (Å²) in [7, 11) is -1.34. The lowest BCUT2D eigenvalue weighted by atomic mass is 9.81. The lowest BCUT2D eigenvalue weighted by molar-refractivity contribution is 0.173. The molecule has 1 aliphatic carbocycles. The minimum absolute atomic E-state index is 0.116. The number of amides is 2. The van der Waals surface area contributed by atoms with Gasteiger partial charge in [0.15, 0.2) is 11.5 Å². The SMILES string of the molecule is CN1CCC[C@@]1(C)c1nnc2ccc(O[C@@H]3CC[C@H](CNC(=O)Nc4cc(NS(C)(=O)=O)cc(C(C)(C)C)c4)c4ccccc43)cn12. The third kappa shape index (κ3) is 7.08. The Hall–Kier alpha value is -4.16. The molecular weight excluding hydrogens is 614 g/mol. The van der Waals surface area contributed by atoms with Crippen molar-refractivity contribution in [2.75, 3.05) is 36.4 Å². The lowest BCUT2D eigenvalue weighted by Gasteiger charge is -2.32. The molecular formula is C35H45N7O4S. The van der Waals surface area contributed by atoms with E-state index in [1.165, 1.54) is 0 Å². The van der Waals surface area contributed by atoms with Gasteiger partial charge in [0.2, 0.25) is 10.0 Å². The highest BCUT2D eigenvalue weighted by Crippen LogP contribution is 2.41. The molecule has 3 heterocycles. The van der Waals surface area contributed by atoms with Crippen LogP contribution in [0.25, 0.3) is 5.65 Å². The Kier molecular flexibility index (Phi) is 8.69. The van der Waals surface area contributed by atoms with E-state index >= 15 is 0 Å². The fourth-order valence-electron chi connectivity index (χ4n) is 6.82. The van der Waals surface area contributed by atoms with Crippen LogP contribution in [0.15, 0.2) is 60.8 Å². The topological polar surface area (TPSA) is 130 Å². The first kappa shape index (κ1) is 32.8. The predicted octanol–water partition coefficient (Wildman–Crippen LogP) is 6.16. The number of hydrogen-bond donors (Lipinski definition) is 3. The predicted molar refractivity (Wildman–Crippen MR) is 185 cm³/mol. The summed E-state index contributed by atoms with van der Waals surface area (Å²) in [6.07, 6.45) is 6.79. The smallest absolute Gasteiger partial charge is 0.319 e. The Morgan fingerprint density at radius 2 is 1.79 bits per heavy atom. The van der Waals surface area contributed by atoms with Gasteiger partial charge >= 0.3 is 6.03 Å². The molecule has 4 aromatic rings. The van der Waals surface area contributed by atoms with Crippen LogP contribution in [0.3, 0.4) is 0 Å². The van der Waals surface area contributed by atoms with Gasteiger partial charge in [-0.25, -0.2) is 13.2 Å². The molecule has 3 N–H and O–H groups in total. The first-order valence-corrected chi connectivity index (χ1v) is 18.1. The van der Waals surface area contributed by atoms with E-state index in [0.29, 0.717) is 17.9 Å². The molecule has 6 rings (SSSR count). The number of anilines is 2. The standard InChI is InChI=1S/C35H45N7O4S/c1-34(2,3)24-18-25(20-26(19-24)40-47(6,44)45)37-33(43)36-21-23-12-14-30(29-11-8-7-10-28(23)29)46-27-13-15-31-38-39-32(42(31)22-27)35(4)16-9-17-41(35)5/h7-8,10-11,13,15,18-20,22-23,30,40H,9,12,14,16-17,21H2,1-6H3,(H2,36,37,43)/t23-,30-,35+/m1/s1. The highest BCUT2D eigenvalue weighted by atomic mass is 32.2. The Balaban J connectivity index is 1.15. The monoisotopic (exact) mass is 659 g/mol. The van der Waals surface area contributed by atoms with E-state index in [1.54, 1.807) is 12.1 Å². The summed E-state index contributed by atoms with van der Waals surface area (Å²) >= 11 is 0. The number of fused-ring (bicyclic) bond motifs is 2. The molecule has 11 nitrogen and oxygen atoms in total. The third-order valence-electron chi connectivity index (χ3n) is 9.56. The van der Waals surface area contributed by atoms with Gasteiger partial charge < -0.3 is 15.4 Å². The maximum Gasteiger partial charge on any atom is 0.319 e. The summed E-state index contributed by atoms with van der Waals surface area (Å²) in [6.45, 7) is 9.82. The summed E-state index contributed by atoms with van der Waals surface area (Å²) in [5, 5.41) is 15.0. The zero-order valence-electron chi connectivity index (χ0n) is 28.0. The van der Waals surface area contributed by atoms with Crippen LogP contribution < -0.4 is 20.1 Å². The quantitative estimate of drug-likeness (QED) is 0.207. The lowest BCUT2D eigenvalue weighted by Crippen LogP contribution is -2.37. The van der Waals surface area contributed by atoms with E-state index in [9.17, 15) is 13.2 Å². The largest absolute Gasteiger partial charge is 0.484 e. The first-order valence-electron chi connectivity index (χ1n) is 16.2. The van der Waals surface area contributed by atoms with Crippen LogP contribution >= 0.6 is 0 Å². The molecule has 250 valence electrons. The number of ether oxygens (including phenoxy) is 1. The van der Waals surface area contributed by atoms with Gasteiger partial charge in [-0.15, -0.1) is 10.2 Å². The summed E-state index contributed by atoms with van der Waals surface area (Å²) in [5.41, 5.74) is 4.47. The molecule has 2 aromatic carbocycles. The molecule has 3 atom stereocenters. The van der Waals surface area contributed by atoms with Crippen LogP contribution in [-0.4, -0.2) is 60.3 Å². The van der Waals surface area contributed by atoms with Crippen LogP contribution in [0.2, 0.25) is 0 Å². The number of hydrogen-bond acceptors (Lipinski definition) is 7. The Bertz CT molecular complexity index is 1900. The van der Waals surface area contributed by atoms with E-state index in [1.807, 2.05) is 57.3 Å². The van der Waals surface area contributed by atoms with Gasteiger partial charge in [0.1, 0.15) is 11.9 Å². The Morgan fingerprint density at radius 1 is 1.04 bits per heavy atom. The Morgan fingerprint density at radius 3 is 2.49 bits per heavy atom. The molecule has 2 aromatic heterocycles. The average molecular weight is 660 g/mol. The zero-order chi connectivity index (χ0) is 33.6. The molecule has 12 heteroatoms. The van der Waals surface area contributed by atoms with E-state index in [2.05, 4.69) is 61.0 Å². The second-order valence-corrected chi connectivity index (χ2v) is 15.9. The zero-order valence-corrected chi connectivity index (χ0v) is 28.8. The number of sulfonamides is 1. The number of aromatic nitrogens is 3. The molecule has 47 heavy (non-hydrogen) atoms. The van der Waals surface area contributed by atoms with Crippen molar-refractivity contribution in [3.63, 3.8) is 0 Å². The maximum atomic E-state index is 13.1. The van der Waals surface area contributed by atoms with Crippen LogP contribution in [0, 0.1) is 0 Å². The second kappa shape index (κ2) is 12.5. The van der Waals surface area contributed by atoms with Gasteiger partial charge in [-0.05, 0) is 98.6 Å². The van der Waals surface area contributed by atoms with Crippen molar-refractivity contribution in [3.05, 3.63) is 83.3 Å². The minimum Gasteiger partial charge on any atom is -0.484 e. The number of nitrogens with one attached hydrogen (secondary N) is 3. The Labute approximate surface area is 277 Å². The van der Waals surface area contributed by atoms with Crippen molar-refractivity contribution < 1.29 is 17.9 Å². The number of pyridine rings is 1. The second-order valence-electron chi connectivity index (χ2n) is 14.2. The summed E-state index contributed by atoms with van der Waals surface area (Å²) < 4.78 is 35.0. The molecule has 2 amide bonds. The van der Waals surface area contributed by atoms with Crippen molar-refractivity contribution in [1.29, 1.82) is 0 Å². The molecule has 0 unspecified atom stereocenters. The molecule has 0 spiro atoms. The van der Waals surface area contributed by atoms with Crippen LogP contribution in [0.1, 0.15) is 87.9 Å². The molecule has 1 fully saturated rings. The number of nitrogens with zero attached hydrogens (tertiary/aromatic N) is 4. The van der Waals surface area contributed by atoms with Crippen molar-refractivity contribution in [3.8, 4) is 5.75 Å². The molecule has 1 aliphatic heterocycles. The molecule has 0 radical (unpaired) electrons.